The molecule has 0 atom stereocenters. The molecule has 17 heavy (non-hydrogen) atoms. The van der Waals surface area contributed by atoms with Gasteiger partial charge in [0.05, 0.1) is 0 Å². The fraction of sp³-hybridized carbons (Fsp3) is 0.600. The van der Waals surface area contributed by atoms with Crippen molar-refractivity contribution in [3.8, 4) is 0 Å². The third kappa shape index (κ3) is 5.73. The first-order valence-corrected chi connectivity index (χ1v) is 6.65. The molecule has 0 bridgehead atoms. The molecular formula is C15H26N2. The summed E-state index contributed by atoms with van der Waals surface area (Å²) in [5, 5.41) is 3.47. The molecule has 1 aromatic rings. The molecule has 0 amide bonds. The van der Waals surface area contributed by atoms with Crippen molar-refractivity contribution in [2.45, 2.75) is 46.6 Å². The largest absolute Gasteiger partial charge is 0.399 e. The summed E-state index contributed by atoms with van der Waals surface area (Å²) >= 11 is 0. The van der Waals surface area contributed by atoms with Gasteiger partial charge in [-0.15, -0.1) is 0 Å². The van der Waals surface area contributed by atoms with Crippen LogP contribution in [-0.4, -0.2) is 6.54 Å². The van der Waals surface area contributed by atoms with Crippen LogP contribution in [0.3, 0.4) is 0 Å². The Labute approximate surface area is 106 Å². The molecule has 1 aromatic carbocycles. The van der Waals surface area contributed by atoms with Gasteiger partial charge in [-0.3, -0.25) is 0 Å². The third-order valence-corrected chi connectivity index (χ3v) is 3.06. The van der Waals surface area contributed by atoms with E-state index in [9.17, 15) is 0 Å². The van der Waals surface area contributed by atoms with Crippen LogP contribution in [0.25, 0.3) is 0 Å². The van der Waals surface area contributed by atoms with Gasteiger partial charge in [-0.05, 0) is 43.0 Å². The predicted molar refractivity (Wildman–Crippen MR) is 76.0 cm³/mol. The van der Waals surface area contributed by atoms with Crippen molar-refractivity contribution in [2.24, 2.45) is 5.92 Å². The zero-order valence-corrected chi connectivity index (χ0v) is 11.4. The van der Waals surface area contributed by atoms with Crippen LogP contribution >= 0.6 is 0 Å². The highest BCUT2D eigenvalue weighted by molar-refractivity contribution is 5.48. The van der Waals surface area contributed by atoms with Crippen LogP contribution in [-0.2, 0) is 6.54 Å². The van der Waals surface area contributed by atoms with Crippen molar-refractivity contribution in [3.63, 3.8) is 0 Å². The Hall–Kier alpha value is -1.02. The fourth-order valence-electron chi connectivity index (χ4n) is 1.84. The van der Waals surface area contributed by atoms with Gasteiger partial charge in [0.1, 0.15) is 0 Å². The van der Waals surface area contributed by atoms with E-state index in [1.165, 1.54) is 24.8 Å². The van der Waals surface area contributed by atoms with Crippen molar-refractivity contribution in [3.05, 3.63) is 29.3 Å². The Balaban J connectivity index is 2.16. The molecule has 0 spiro atoms. The molecule has 0 aliphatic heterocycles. The Morgan fingerprint density at radius 3 is 2.65 bits per heavy atom. The first-order chi connectivity index (χ1) is 8.09. The molecule has 2 heteroatoms. The maximum Gasteiger partial charge on any atom is 0.0346 e. The Bertz CT molecular complexity index is 332. The highest BCUT2D eigenvalue weighted by atomic mass is 14.8. The summed E-state index contributed by atoms with van der Waals surface area (Å²) in [4.78, 5) is 0. The number of aryl methyl sites for hydroxylation is 1. The molecule has 3 N–H and O–H groups in total. The molecule has 2 nitrogen and oxygen atoms in total. The lowest BCUT2D eigenvalue weighted by Gasteiger charge is -2.08. The summed E-state index contributed by atoms with van der Waals surface area (Å²) in [5.74, 6) is 0.826. The van der Waals surface area contributed by atoms with Crippen molar-refractivity contribution in [1.82, 2.24) is 5.32 Å². The maximum atomic E-state index is 5.88. The number of nitrogens with two attached hydrogens (primary N) is 1. The van der Waals surface area contributed by atoms with Crippen LogP contribution in [0.2, 0.25) is 0 Å². The summed E-state index contributed by atoms with van der Waals surface area (Å²) in [6.07, 6.45) is 3.92. The summed E-state index contributed by atoms with van der Waals surface area (Å²) in [6, 6.07) is 6.30. The van der Waals surface area contributed by atoms with Gasteiger partial charge >= 0.3 is 0 Å². The molecule has 0 saturated carbocycles. The number of rotatable bonds is 7. The Morgan fingerprint density at radius 2 is 2.00 bits per heavy atom. The highest BCUT2D eigenvalue weighted by Gasteiger charge is 1.97. The molecular weight excluding hydrogens is 208 g/mol. The van der Waals surface area contributed by atoms with Gasteiger partial charge < -0.3 is 11.1 Å². The van der Waals surface area contributed by atoms with Gasteiger partial charge in [0.25, 0.3) is 0 Å². The van der Waals surface area contributed by atoms with E-state index >= 15 is 0 Å². The zero-order valence-electron chi connectivity index (χ0n) is 11.4. The first kappa shape index (κ1) is 14.0. The van der Waals surface area contributed by atoms with Gasteiger partial charge in [0.2, 0.25) is 0 Å². The molecule has 96 valence electrons. The number of hydrogen-bond donors (Lipinski definition) is 2. The SMILES string of the molecule is Cc1ccc(CNCCCCC(C)C)cc1N. The smallest absolute Gasteiger partial charge is 0.0346 e. The molecule has 0 aromatic heterocycles. The molecule has 0 unspecified atom stereocenters. The number of anilines is 1. The average molecular weight is 234 g/mol. The van der Waals surface area contributed by atoms with Gasteiger partial charge in [-0.25, -0.2) is 0 Å². The van der Waals surface area contributed by atoms with Crippen molar-refractivity contribution < 1.29 is 0 Å². The summed E-state index contributed by atoms with van der Waals surface area (Å²) in [5.41, 5.74) is 9.20. The van der Waals surface area contributed by atoms with Gasteiger partial charge in [-0.1, -0.05) is 38.8 Å². The molecule has 0 aliphatic rings. The highest BCUT2D eigenvalue weighted by Crippen LogP contribution is 2.12. The van der Waals surface area contributed by atoms with E-state index in [4.69, 9.17) is 5.73 Å². The molecule has 0 heterocycles. The van der Waals surface area contributed by atoms with E-state index in [0.717, 1.165) is 30.3 Å². The van der Waals surface area contributed by atoms with E-state index in [1.54, 1.807) is 0 Å². The number of nitrogen functional groups attached to an aromatic ring is 1. The molecule has 0 saturated heterocycles. The lowest BCUT2D eigenvalue weighted by atomic mass is 10.1. The van der Waals surface area contributed by atoms with E-state index in [2.05, 4.69) is 37.4 Å². The van der Waals surface area contributed by atoms with Crippen molar-refractivity contribution in [1.29, 1.82) is 0 Å². The van der Waals surface area contributed by atoms with Crippen LogP contribution in [0.15, 0.2) is 18.2 Å². The zero-order chi connectivity index (χ0) is 12.7. The van der Waals surface area contributed by atoms with E-state index in [1.807, 2.05) is 6.92 Å². The second-order valence-electron chi connectivity index (χ2n) is 5.26. The third-order valence-electron chi connectivity index (χ3n) is 3.06. The molecule has 1 rings (SSSR count). The lowest BCUT2D eigenvalue weighted by molar-refractivity contribution is 0.520. The summed E-state index contributed by atoms with van der Waals surface area (Å²) < 4.78 is 0. The van der Waals surface area contributed by atoms with E-state index in [-0.39, 0.29) is 0 Å². The van der Waals surface area contributed by atoms with Crippen LogP contribution in [0.1, 0.15) is 44.2 Å². The minimum Gasteiger partial charge on any atom is -0.399 e. The van der Waals surface area contributed by atoms with Gasteiger partial charge in [-0.2, -0.15) is 0 Å². The monoisotopic (exact) mass is 234 g/mol. The molecule has 0 aliphatic carbocycles. The topological polar surface area (TPSA) is 38.0 Å². The van der Waals surface area contributed by atoms with Gasteiger partial charge in [0.15, 0.2) is 0 Å². The standard InChI is InChI=1S/C15H26N2/c1-12(2)6-4-5-9-17-11-14-8-7-13(3)15(16)10-14/h7-8,10,12,17H,4-6,9,11,16H2,1-3H3. The number of hydrogen-bond acceptors (Lipinski definition) is 2. The molecule has 0 radical (unpaired) electrons. The first-order valence-electron chi connectivity index (χ1n) is 6.65. The Kier molecular flexibility index (Phi) is 6.06. The second-order valence-corrected chi connectivity index (χ2v) is 5.26. The number of nitrogens with one attached hydrogen (secondary N) is 1. The van der Waals surface area contributed by atoms with Crippen LogP contribution in [0, 0.1) is 12.8 Å². The summed E-state index contributed by atoms with van der Waals surface area (Å²) in [7, 11) is 0. The number of unbranched alkanes of at least 4 members (excludes halogenated alkanes) is 1. The van der Waals surface area contributed by atoms with Crippen LogP contribution in [0.4, 0.5) is 5.69 Å². The summed E-state index contributed by atoms with van der Waals surface area (Å²) in [6.45, 7) is 8.62. The normalized spacial score (nSPS) is 11.1. The minimum absolute atomic E-state index is 0.826. The minimum atomic E-state index is 0.826. The van der Waals surface area contributed by atoms with E-state index in [0.29, 0.717) is 0 Å². The lowest BCUT2D eigenvalue weighted by Crippen LogP contribution is -2.15. The average Bonchev–Trinajstić information content (AvgIpc) is 2.27. The van der Waals surface area contributed by atoms with Crippen molar-refractivity contribution in [2.75, 3.05) is 12.3 Å². The van der Waals surface area contributed by atoms with Crippen LogP contribution in [0.5, 0.6) is 0 Å². The quantitative estimate of drug-likeness (QED) is 0.560. The predicted octanol–water partition coefficient (Wildman–Crippen LogP) is 3.49. The van der Waals surface area contributed by atoms with Gasteiger partial charge in [0, 0.05) is 12.2 Å². The van der Waals surface area contributed by atoms with Crippen LogP contribution < -0.4 is 11.1 Å². The number of benzene rings is 1. The fourth-order valence-corrected chi connectivity index (χ4v) is 1.84. The molecule has 0 fully saturated rings. The Morgan fingerprint density at radius 1 is 1.24 bits per heavy atom. The van der Waals surface area contributed by atoms with E-state index < -0.39 is 0 Å². The van der Waals surface area contributed by atoms with Crippen molar-refractivity contribution >= 4 is 5.69 Å². The maximum absolute atomic E-state index is 5.88. The second kappa shape index (κ2) is 7.33.